The Morgan fingerprint density at radius 2 is 1.58 bits per heavy atom. The molecular weight excluding hydrogens is 378 g/mol. The summed E-state index contributed by atoms with van der Waals surface area (Å²) in [5, 5.41) is 0. The van der Waals surface area contributed by atoms with Crippen molar-refractivity contribution in [3.63, 3.8) is 0 Å². The van der Waals surface area contributed by atoms with Crippen LogP contribution in [0.5, 0.6) is 0 Å². The van der Waals surface area contributed by atoms with E-state index >= 15 is 0 Å². The first-order valence-corrected chi connectivity index (χ1v) is 12.0. The van der Waals surface area contributed by atoms with Gasteiger partial charge in [-0.3, -0.25) is 4.79 Å². The molecule has 1 aliphatic carbocycles. The first-order chi connectivity index (χ1) is 15.1. The SMILES string of the molecule is C=CC1CC=CCC1.C=CCCCC=CC.C=CCCCCC=C.CN1CCCC1=O. The molecule has 1 saturated heterocycles. The van der Waals surface area contributed by atoms with Gasteiger partial charge in [-0.2, -0.15) is 0 Å². The predicted octanol–water partition coefficient (Wildman–Crippen LogP) is 8.60. The molecular formula is C29H49NO. The zero-order chi connectivity index (χ0) is 23.6. The fourth-order valence-electron chi connectivity index (χ4n) is 2.94. The van der Waals surface area contributed by atoms with Crippen LogP contribution in [0.4, 0.5) is 0 Å². The zero-order valence-corrected chi connectivity index (χ0v) is 20.6. The van der Waals surface area contributed by atoms with Crippen molar-refractivity contribution in [3.05, 3.63) is 74.9 Å². The lowest BCUT2D eigenvalue weighted by Gasteiger charge is -2.11. The number of unbranched alkanes of at least 4 members (excludes halogenated alkanes) is 5. The second-order valence-electron chi connectivity index (χ2n) is 7.85. The highest BCUT2D eigenvalue weighted by Gasteiger charge is 2.14. The zero-order valence-electron chi connectivity index (χ0n) is 20.6. The van der Waals surface area contributed by atoms with Gasteiger partial charge in [-0.25, -0.2) is 0 Å². The maximum absolute atomic E-state index is 10.5. The Morgan fingerprint density at radius 3 is 1.90 bits per heavy atom. The number of nitrogens with zero attached hydrogens (tertiary/aromatic N) is 1. The molecule has 1 atom stereocenters. The fraction of sp³-hybridized carbons (Fsp3) is 0.552. The Hall–Kier alpha value is -2.09. The monoisotopic (exact) mass is 427 g/mol. The van der Waals surface area contributed by atoms with Crippen LogP contribution in [0.3, 0.4) is 0 Å². The Labute approximate surface area is 194 Å². The van der Waals surface area contributed by atoms with Crippen LogP contribution in [0, 0.1) is 5.92 Å². The summed E-state index contributed by atoms with van der Waals surface area (Å²) in [6, 6.07) is 0. The van der Waals surface area contributed by atoms with Gasteiger partial charge in [0.1, 0.15) is 0 Å². The van der Waals surface area contributed by atoms with Crippen LogP contribution < -0.4 is 0 Å². The van der Waals surface area contributed by atoms with Crippen LogP contribution in [0.15, 0.2) is 74.9 Å². The van der Waals surface area contributed by atoms with E-state index in [9.17, 15) is 4.79 Å². The smallest absolute Gasteiger partial charge is 0.222 e. The van der Waals surface area contributed by atoms with Crippen molar-refractivity contribution in [2.24, 2.45) is 5.92 Å². The number of amides is 1. The van der Waals surface area contributed by atoms with Crippen LogP contribution in [0.2, 0.25) is 0 Å². The van der Waals surface area contributed by atoms with E-state index in [4.69, 9.17) is 0 Å². The molecule has 1 amide bonds. The third kappa shape index (κ3) is 24.1. The Kier molecular flexibility index (Phi) is 26.0. The van der Waals surface area contributed by atoms with Crippen LogP contribution in [0.1, 0.15) is 84.0 Å². The van der Waals surface area contributed by atoms with Gasteiger partial charge in [0, 0.05) is 20.0 Å². The van der Waals surface area contributed by atoms with Crippen LogP contribution in [-0.2, 0) is 4.79 Å². The molecule has 1 unspecified atom stereocenters. The minimum Gasteiger partial charge on any atom is -0.346 e. The molecule has 2 aliphatic rings. The van der Waals surface area contributed by atoms with Crippen molar-refractivity contribution in [2.75, 3.05) is 13.6 Å². The van der Waals surface area contributed by atoms with Crippen molar-refractivity contribution >= 4 is 5.91 Å². The van der Waals surface area contributed by atoms with E-state index in [2.05, 4.69) is 56.7 Å². The molecule has 31 heavy (non-hydrogen) atoms. The molecule has 1 heterocycles. The third-order valence-electron chi connectivity index (χ3n) is 5.03. The molecule has 1 fully saturated rings. The summed E-state index contributed by atoms with van der Waals surface area (Å²) < 4.78 is 0. The molecule has 0 bridgehead atoms. The quantitative estimate of drug-likeness (QED) is 0.252. The lowest BCUT2D eigenvalue weighted by Crippen LogP contribution is -2.17. The average Bonchev–Trinajstić information content (AvgIpc) is 3.18. The molecule has 0 spiro atoms. The molecule has 0 saturated carbocycles. The second-order valence-corrected chi connectivity index (χ2v) is 7.85. The maximum Gasteiger partial charge on any atom is 0.222 e. The summed E-state index contributed by atoms with van der Waals surface area (Å²) in [6.07, 6.45) is 30.7. The summed E-state index contributed by atoms with van der Waals surface area (Å²) in [4.78, 5) is 12.3. The van der Waals surface area contributed by atoms with Gasteiger partial charge in [-0.05, 0) is 83.5 Å². The number of hydrogen-bond acceptors (Lipinski definition) is 1. The topological polar surface area (TPSA) is 20.3 Å². The maximum atomic E-state index is 10.5. The van der Waals surface area contributed by atoms with E-state index in [0.717, 1.165) is 44.6 Å². The normalized spacial score (nSPS) is 16.8. The van der Waals surface area contributed by atoms with E-state index < -0.39 is 0 Å². The first kappa shape index (κ1) is 31.1. The van der Waals surface area contributed by atoms with E-state index in [1.165, 1.54) is 44.9 Å². The second kappa shape index (κ2) is 25.9. The summed E-state index contributed by atoms with van der Waals surface area (Å²) in [5.41, 5.74) is 0. The molecule has 0 aromatic rings. The van der Waals surface area contributed by atoms with Gasteiger partial charge < -0.3 is 4.90 Å². The van der Waals surface area contributed by atoms with E-state index in [-0.39, 0.29) is 0 Å². The largest absolute Gasteiger partial charge is 0.346 e. The van der Waals surface area contributed by atoms with Crippen molar-refractivity contribution in [1.82, 2.24) is 4.90 Å². The molecule has 2 nitrogen and oxygen atoms in total. The highest BCUT2D eigenvalue weighted by molar-refractivity contribution is 5.77. The standard InChI is InChI=1S/C8H12.2C8H14.C5H9NO/c1-2-8-6-4-3-5-7-8;2*1-3-5-7-8-6-4-2;1-6-4-2-3-5(6)7/h2-4,8H,1,5-7H2;3-4,6H,1,5,7-8H2,2H3;3-4H,1-2,5-8H2;2-4H2,1H3. The fourth-order valence-corrected chi connectivity index (χ4v) is 2.94. The van der Waals surface area contributed by atoms with E-state index in [0.29, 0.717) is 5.91 Å². The third-order valence-corrected chi connectivity index (χ3v) is 5.03. The molecule has 0 aromatic carbocycles. The van der Waals surface area contributed by atoms with Crippen molar-refractivity contribution < 1.29 is 4.79 Å². The van der Waals surface area contributed by atoms with Crippen LogP contribution in [0.25, 0.3) is 0 Å². The minimum absolute atomic E-state index is 0.292. The summed E-state index contributed by atoms with van der Waals surface area (Å²) >= 11 is 0. The molecule has 0 radical (unpaired) electrons. The van der Waals surface area contributed by atoms with E-state index in [1.807, 2.05) is 32.2 Å². The minimum atomic E-state index is 0.292. The highest BCUT2D eigenvalue weighted by Crippen LogP contribution is 2.17. The van der Waals surface area contributed by atoms with Crippen molar-refractivity contribution in [1.29, 1.82) is 0 Å². The summed E-state index contributed by atoms with van der Waals surface area (Å²) in [5.74, 6) is 1.06. The van der Waals surface area contributed by atoms with Crippen LogP contribution >= 0.6 is 0 Å². The molecule has 1 aliphatic heterocycles. The summed E-state index contributed by atoms with van der Waals surface area (Å²) in [6.45, 7) is 17.7. The van der Waals surface area contributed by atoms with Gasteiger partial charge >= 0.3 is 0 Å². The number of hydrogen-bond donors (Lipinski definition) is 0. The predicted molar refractivity (Wildman–Crippen MR) is 141 cm³/mol. The van der Waals surface area contributed by atoms with E-state index in [1.54, 1.807) is 4.90 Å². The summed E-state index contributed by atoms with van der Waals surface area (Å²) in [7, 11) is 1.84. The Morgan fingerprint density at radius 1 is 0.968 bits per heavy atom. The molecule has 2 rings (SSSR count). The molecule has 0 N–H and O–H groups in total. The van der Waals surface area contributed by atoms with Gasteiger partial charge in [0.2, 0.25) is 5.91 Å². The van der Waals surface area contributed by atoms with Gasteiger partial charge in [-0.1, -0.05) is 48.6 Å². The van der Waals surface area contributed by atoms with Crippen molar-refractivity contribution in [2.45, 2.75) is 84.0 Å². The number of rotatable bonds is 10. The number of likely N-dealkylation sites (tertiary alicyclic amines) is 1. The highest BCUT2D eigenvalue weighted by atomic mass is 16.2. The lowest BCUT2D eigenvalue weighted by atomic mass is 9.95. The number of carbonyl (C=O) groups excluding carboxylic acids is 1. The van der Waals surface area contributed by atoms with Crippen molar-refractivity contribution in [3.8, 4) is 0 Å². The molecule has 176 valence electrons. The van der Waals surface area contributed by atoms with Gasteiger partial charge in [0.05, 0.1) is 0 Å². The Balaban J connectivity index is 0. The molecule has 2 heteroatoms. The number of allylic oxidation sites excluding steroid dienone is 8. The first-order valence-electron chi connectivity index (χ1n) is 12.0. The number of carbonyl (C=O) groups is 1. The van der Waals surface area contributed by atoms with Gasteiger partial charge in [0.25, 0.3) is 0 Å². The van der Waals surface area contributed by atoms with Crippen LogP contribution in [-0.4, -0.2) is 24.4 Å². The van der Waals surface area contributed by atoms with Gasteiger partial charge in [0.15, 0.2) is 0 Å². The Bertz CT molecular complexity index is 505. The average molecular weight is 428 g/mol. The lowest BCUT2D eigenvalue weighted by molar-refractivity contribution is -0.126. The van der Waals surface area contributed by atoms with Gasteiger partial charge in [-0.15, -0.1) is 26.3 Å². The molecule has 0 aromatic heterocycles.